The van der Waals surface area contributed by atoms with Gasteiger partial charge in [0.05, 0.1) is 5.52 Å². The number of hydrogen-bond acceptors (Lipinski definition) is 1. The van der Waals surface area contributed by atoms with Crippen molar-refractivity contribution in [1.82, 2.24) is 4.57 Å². The van der Waals surface area contributed by atoms with Gasteiger partial charge in [0.25, 0.3) is 0 Å². The highest BCUT2D eigenvalue weighted by Crippen LogP contribution is 2.24. The first kappa shape index (κ1) is 9.90. The number of benzene rings is 1. The normalized spacial score (nSPS) is 10.9. The summed E-state index contributed by atoms with van der Waals surface area (Å²) in [5.41, 5.74) is 1.24. The molecule has 0 spiro atoms. The van der Waals surface area contributed by atoms with E-state index in [1.807, 2.05) is 17.6 Å². The molecule has 1 heterocycles. The van der Waals surface area contributed by atoms with E-state index in [0.29, 0.717) is 10.9 Å². The molecule has 0 bridgehead atoms. The van der Waals surface area contributed by atoms with Crippen LogP contribution in [-0.2, 0) is 6.54 Å². The van der Waals surface area contributed by atoms with E-state index >= 15 is 0 Å². The molecule has 2 nitrogen and oxygen atoms in total. The average molecular weight is 205 g/mol. The number of aromatic nitrogens is 1. The standard InChI is InChI=1S/C12H12FNO/c1-3-14-7-9(8(2)15)12-10(13)5-4-6-11(12)14/h4-7H,3H2,1-2H3. The van der Waals surface area contributed by atoms with Crippen molar-refractivity contribution in [3.8, 4) is 0 Å². The lowest BCUT2D eigenvalue weighted by molar-refractivity contribution is 0.101. The van der Waals surface area contributed by atoms with Crippen molar-refractivity contribution in [3.05, 3.63) is 35.8 Å². The van der Waals surface area contributed by atoms with Crippen LogP contribution in [0.3, 0.4) is 0 Å². The SMILES string of the molecule is CCn1cc(C(C)=O)c2c(F)cccc21. The number of ketones is 1. The molecule has 2 aromatic rings. The van der Waals surface area contributed by atoms with E-state index < -0.39 is 0 Å². The molecule has 0 unspecified atom stereocenters. The van der Waals surface area contributed by atoms with Crippen LogP contribution in [0.5, 0.6) is 0 Å². The van der Waals surface area contributed by atoms with Gasteiger partial charge in [-0.3, -0.25) is 4.79 Å². The van der Waals surface area contributed by atoms with Crippen molar-refractivity contribution in [1.29, 1.82) is 0 Å². The van der Waals surface area contributed by atoms with Crippen LogP contribution in [-0.4, -0.2) is 10.4 Å². The monoisotopic (exact) mass is 205 g/mol. The summed E-state index contributed by atoms with van der Waals surface area (Å²) in [4.78, 5) is 11.4. The van der Waals surface area contributed by atoms with Crippen LogP contribution in [0.1, 0.15) is 24.2 Å². The van der Waals surface area contributed by atoms with Crippen molar-refractivity contribution in [2.75, 3.05) is 0 Å². The molecule has 0 aliphatic rings. The smallest absolute Gasteiger partial charge is 0.162 e. The molecule has 0 fully saturated rings. The number of fused-ring (bicyclic) bond motifs is 1. The zero-order chi connectivity index (χ0) is 11.0. The lowest BCUT2D eigenvalue weighted by atomic mass is 10.1. The Morgan fingerprint density at radius 1 is 1.47 bits per heavy atom. The summed E-state index contributed by atoms with van der Waals surface area (Å²) in [5, 5.41) is 0.437. The number of hydrogen-bond donors (Lipinski definition) is 0. The van der Waals surface area contributed by atoms with Gasteiger partial charge in [-0.25, -0.2) is 4.39 Å². The molecule has 0 N–H and O–H groups in total. The Hall–Kier alpha value is -1.64. The molecule has 1 aromatic heterocycles. The van der Waals surface area contributed by atoms with Gasteiger partial charge < -0.3 is 4.57 Å². The van der Waals surface area contributed by atoms with E-state index in [9.17, 15) is 9.18 Å². The lowest BCUT2D eigenvalue weighted by Gasteiger charge is -1.99. The number of rotatable bonds is 2. The molecular weight excluding hydrogens is 193 g/mol. The zero-order valence-electron chi connectivity index (χ0n) is 8.75. The van der Waals surface area contributed by atoms with Crippen LogP contribution < -0.4 is 0 Å². The summed E-state index contributed by atoms with van der Waals surface area (Å²) in [5.74, 6) is -0.429. The molecule has 0 atom stereocenters. The zero-order valence-corrected chi connectivity index (χ0v) is 8.75. The van der Waals surface area contributed by atoms with Gasteiger partial charge in [0.1, 0.15) is 5.82 Å². The summed E-state index contributed by atoms with van der Waals surface area (Å²) in [6.07, 6.45) is 1.72. The Morgan fingerprint density at radius 3 is 2.80 bits per heavy atom. The predicted octanol–water partition coefficient (Wildman–Crippen LogP) is 3.00. The van der Waals surface area contributed by atoms with Gasteiger partial charge in [0.2, 0.25) is 0 Å². The lowest BCUT2D eigenvalue weighted by Crippen LogP contribution is -1.91. The number of carbonyl (C=O) groups excluding carboxylic acids is 1. The number of aryl methyl sites for hydroxylation is 1. The molecular formula is C12H12FNO. The van der Waals surface area contributed by atoms with Gasteiger partial charge in [-0.15, -0.1) is 0 Å². The fourth-order valence-corrected chi connectivity index (χ4v) is 1.84. The molecule has 2 rings (SSSR count). The van der Waals surface area contributed by atoms with Crippen LogP contribution in [0.15, 0.2) is 24.4 Å². The number of carbonyl (C=O) groups is 1. The van der Waals surface area contributed by atoms with Crippen molar-refractivity contribution < 1.29 is 9.18 Å². The third kappa shape index (κ3) is 1.44. The Kier molecular flexibility index (Phi) is 2.31. The van der Waals surface area contributed by atoms with Crippen LogP contribution in [0, 0.1) is 5.82 Å². The van der Waals surface area contributed by atoms with Gasteiger partial charge in [-0.2, -0.15) is 0 Å². The van der Waals surface area contributed by atoms with Gasteiger partial charge in [0.15, 0.2) is 5.78 Å². The van der Waals surface area contributed by atoms with Crippen LogP contribution in [0.25, 0.3) is 10.9 Å². The van der Waals surface area contributed by atoms with E-state index in [1.54, 1.807) is 12.3 Å². The van der Waals surface area contributed by atoms with E-state index in [0.717, 1.165) is 12.1 Å². The fraction of sp³-hybridized carbons (Fsp3) is 0.250. The topological polar surface area (TPSA) is 22.0 Å². The molecule has 0 aliphatic heterocycles. The number of Topliss-reactive ketones (excluding diaryl/α,β-unsaturated/α-hetero) is 1. The first-order valence-electron chi connectivity index (χ1n) is 4.93. The predicted molar refractivity (Wildman–Crippen MR) is 57.6 cm³/mol. The van der Waals surface area contributed by atoms with Crippen LogP contribution in [0.2, 0.25) is 0 Å². The highest BCUT2D eigenvalue weighted by molar-refractivity contribution is 6.07. The highest BCUT2D eigenvalue weighted by Gasteiger charge is 2.14. The Labute approximate surface area is 87.3 Å². The first-order chi connectivity index (χ1) is 7.15. The minimum Gasteiger partial charge on any atom is -0.347 e. The molecule has 0 saturated heterocycles. The van der Waals surface area contributed by atoms with Gasteiger partial charge in [-0.1, -0.05) is 6.07 Å². The maximum atomic E-state index is 13.6. The largest absolute Gasteiger partial charge is 0.347 e. The van der Waals surface area contributed by atoms with Crippen molar-refractivity contribution in [2.24, 2.45) is 0 Å². The minimum atomic E-state index is -0.329. The van der Waals surface area contributed by atoms with Crippen molar-refractivity contribution in [2.45, 2.75) is 20.4 Å². The molecule has 3 heteroatoms. The fourth-order valence-electron chi connectivity index (χ4n) is 1.84. The Bertz CT molecular complexity index is 528. The summed E-state index contributed by atoms with van der Waals surface area (Å²) >= 11 is 0. The number of halogens is 1. The summed E-state index contributed by atoms with van der Waals surface area (Å²) in [6, 6.07) is 4.87. The maximum absolute atomic E-state index is 13.6. The van der Waals surface area contributed by atoms with E-state index in [-0.39, 0.29) is 11.6 Å². The molecule has 0 amide bonds. The van der Waals surface area contributed by atoms with E-state index in [2.05, 4.69) is 0 Å². The van der Waals surface area contributed by atoms with Crippen LogP contribution in [0.4, 0.5) is 4.39 Å². The molecule has 15 heavy (non-hydrogen) atoms. The summed E-state index contributed by atoms with van der Waals surface area (Å²) in [6.45, 7) is 4.16. The average Bonchev–Trinajstić information content (AvgIpc) is 2.58. The maximum Gasteiger partial charge on any atom is 0.162 e. The van der Waals surface area contributed by atoms with E-state index in [1.165, 1.54) is 13.0 Å². The van der Waals surface area contributed by atoms with Gasteiger partial charge in [0, 0.05) is 23.7 Å². The van der Waals surface area contributed by atoms with Gasteiger partial charge in [-0.05, 0) is 26.0 Å². The van der Waals surface area contributed by atoms with Gasteiger partial charge >= 0.3 is 0 Å². The summed E-state index contributed by atoms with van der Waals surface area (Å²) in [7, 11) is 0. The highest BCUT2D eigenvalue weighted by atomic mass is 19.1. The quantitative estimate of drug-likeness (QED) is 0.691. The van der Waals surface area contributed by atoms with E-state index in [4.69, 9.17) is 0 Å². The Balaban J connectivity index is 2.88. The Morgan fingerprint density at radius 2 is 2.20 bits per heavy atom. The van der Waals surface area contributed by atoms with Crippen LogP contribution >= 0.6 is 0 Å². The molecule has 1 aromatic carbocycles. The minimum absolute atomic E-state index is 0.0997. The first-order valence-corrected chi connectivity index (χ1v) is 4.93. The molecule has 0 radical (unpaired) electrons. The third-order valence-electron chi connectivity index (χ3n) is 2.58. The van der Waals surface area contributed by atoms with Crippen molar-refractivity contribution >= 4 is 16.7 Å². The molecule has 78 valence electrons. The second kappa shape index (κ2) is 3.50. The summed E-state index contributed by atoms with van der Waals surface area (Å²) < 4.78 is 15.5. The second-order valence-electron chi connectivity index (χ2n) is 3.52. The number of nitrogens with zero attached hydrogens (tertiary/aromatic N) is 1. The second-order valence-corrected chi connectivity index (χ2v) is 3.52. The third-order valence-corrected chi connectivity index (χ3v) is 2.58. The van der Waals surface area contributed by atoms with Crippen molar-refractivity contribution in [3.63, 3.8) is 0 Å². The molecule has 0 aliphatic carbocycles. The molecule has 0 saturated carbocycles.